The molecule has 9 aliphatic rings. The van der Waals surface area contributed by atoms with Gasteiger partial charge in [0.15, 0.2) is 11.5 Å². The van der Waals surface area contributed by atoms with Crippen molar-refractivity contribution in [2.45, 2.75) is 184 Å². The molecule has 9 atom stereocenters. The molecule has 5 aliphatic heterocycles. The van der Waals surface area contributed by atoms with Crippen LogP contribution < -0.4 is 15.4 Å². The highest BCUT2D eigenvalue weighted by Gasteiger charge is 2.63. The predicted octanol–water partition coefficient (Wildman–Crippen LogP) is 13.1. The molecule has 4 aliphatic carbocycles. The van der Waals surface area contributed by atoms with Crippen molar-refractivity contribution in [3.8, 4) is 34.8 Å². The minimum Gasteiger partial charge on any atom is -0.508 e. The van der Waals surface area contributed by atoms with Crippen molar-refractivity contribution in [3.63, 3.8) is 0 Å². The molecule has 88 heavy (non-hydrogen) atoms. The number of aliphatic hydroxyl groups is 2. The van der Waals surface area contributed by atoms with Crippen molar-refractivity contribution >= 4 is 16.6 Å². The highest BCUT2D eigenvalue weighted by Crippen LogP contribution is 2.64. The first-order valence-electron chi connectivity index (χ1n) is 33.2. The lowest BCUT2D eigenvalue weighted by Gasteiger charge is -2.63. The Morgan fingerprint density at radius 2 is 1.68 bits per heavy atom. The summed E-state index contributed by atoms with van der Waals surface area (Å²) in [6, 6.07) is 26.9. The molecule has 1 saturated heterocycles. The second-order valence-corrected chi connectivity index (χ2v) is 27.8. The van der Waals surface area contributed by atoms with Gasteiger partial charge in [-0.2, -0.15) is 0 Å². The fourth-order valence-corrected chi connectivity index (χ4v) is 18.0. The Morgan fingerprint density at radius 1 is 0.841 bits per heavy atom. The average molecular weight is 1190 g/mol. The zero-order chi connectivity index (χ0) is 60.3. The lowest BCUT2D eigenvalue weighted by Crippen LogP contribution is -2.64. The number of hydrogen-bond donors (Lipinski definition) is 7. The van der Waals surface area contributed by atoms with Crippen LogP contribution in [-0.4, -0.2) is 81.1 Å². The number of ether oxygens (including phenoxy) is 4. The molecule has 9 unspecified atom stereocenters. The average Bonchev–Trinajstić information content (AvgIpc) is 0.766. The van der Waals surface area contributed by atoms with Crippen molar-refractivity contribution in [3.05, 3.63) is 170 Å². The molecule has 1 spiro atoms. The monoisotopic (exact) mass is 1190 g/mol. The summed E-state index contributed by atoms with van der Waals surface area (Å²) in [7, 11) is 1.70. The highest BCUT2D eigenvalue weighted by atomic mass is 16.5. The van der Waals surface area contributed by atoms with Crippen LogP contribution in [-0.2, 0) is 64.9 Å². The smallest absolute Gasteiger partial charge is 0.165 e. The van der Waals surface area contributed by atoms with E-state index in [0.29, 0.717) is 61.5 Å². The van der Waals surface area contributed by atoms with E-state index in [2.05, 4.69) is 95.8 Å². The number of hydrogen-bond acceptors (Lipinski definition) is 11. The quantitative estimate of drug-likeness (QED) is 0.0460. The molecule has 2 fully saturated rings. The van der Waals surface area contributed by atoms with Crippen LogP contribution in [0.3, 0.4) is 0 Å². The third-order valence-corrected chi connectivity index (χ3v) is 22.0. The number of methoxy groups -OCH3 is 1. The molecule has 0 amide bonds. The number of aliphatic hydroxyl groups excluding tert-OH is 2. The minimum atomic E-state index is -0.697. The summed E-state index contributed by atoms with van der Waals surface area (Å²) in [4.78, 5) is 0. The summed E-state index contributed by atoms with van der Waals surface area (Å²) in [6.45, 7) is 5.79. The number of aryl methyl sites for hydroxylation is 3. The van der Waals surface area contributed by atoms with Crippen molar-refractivity contribution in [1.29, 1.82) is 0 Å². The van der Waals surface area contributed by atoms with Gasteiger partial charge in [-0.15, -0.1) is 0 Å². The molecule has 15 rings (SSSR count). The van der Waals surface area contributed by atoms with Crippen molar-refractivity contribution in [2.24, 2.45) is 29.6 Å². The van der Waals surface area contributed by atoms with E-state index in [0.717, 1.165) is 145 Å². The third kappa shape index (κ3) is 11.0. The summed E-state index contributed by atoms with van der Waals surface area (Å²) < 4.78 is 29.9. The summed E-state index contributed by atoms with van der Waals surface area (Å²) in [6.07, 6.45) is 22.5. The first-order chi connectivity index (χ1) is 42.9. The van der Waals surface area contributed by atoms with Crippen molar-refractivity contribution < 1.29 is 44.5 Å². The molecular weight excluding hydrogens is 1100 g/mol. The van der Waals surface area contributed by atoms with E-state index in [1.54, 1.807) is 36.9 Å². The van der Waals surface area contributed by atoms with Gasteiger partial charge in [0.25, 0.3) is 0 Å². The highest BCUT2D eigenvalue weighted by molar-refractivity contribution is 5.89. The molecule has 1 saturated carbocycles. The summed E-state index contributed by atoms with van der Waals surface area (Å²) >= 11 is 0. The van der Waals surface area contributed by atoms with Crippen molar-refractivity contribution in [2.75, 3.05) is 27.1 Å². The number of benzene rings is 5. The molecule has 1 aromatic heterocycles. The number of nitrogens with one attached hydrogen (secondary N) is 2. The van der Waals surface area contributed by atoms with Crippen molar-refractivity contribution in [1.82, 2.24) is 15.2 Å². The zero-order valence-corrected chi connectivity index (χ0v) is 51.7. The van der Waals surface area contributed by atoms with E-state index in [-0.39, 0.29) is 78.1 Å². The maximum Gasteiger partial charge on any atom is 0.165 e. The molecule has 0 radical (unpaired) electrons. The zero-order valence-electron chi connectivity index (χ0n) is 51.7. The summed E-state index contributed by atoms with van der Waals surface area (Å²) in [5, 5.41) is 67.1. The van der Waals surface area contributed by atoms with Crippen LogP contribution in [0, 0.1) is 41.4 Å². The Balaban J connectivity index is 0.936. The molecule has 7 N–H and O–H groups in total. The predicted molar refractivity (Wildman–Crippen MR) is 343 cm³/mol. The van der Waals surface area contributed by atoms with E-state index >= 15 is 0 Å². The number of phenolic OH excluding ortho intramolecular Hbond substituents is 3. The van der Waals surface area contributed by atoms with Crippen LogP contribution in [0.5, 0.6) is 23.0 Å². The molecule has 6 aromatic rings. The maximum absolute atomic E-state index is 12.8. The number of phenols is 3. The van der Waals surface area contributed by atoms with Crippen LogP contribution >= 0.6 is 0 Å². The van der Waals surface area contributed by atoms with E-state index in [1.165, 1.54) is 36.0 Å². The number of nitrogens with zero attached hydrogens (tertiary/aromatic N) is 1. The van der Waals surface area contributed by atoms with Crippen LogP contribution in [0.25, 0.3) is 16.6 Å². The SMILES string of the molecule is COCNC1C=C2C#CC(CCc3ccc(O)c(Cc4cccc(O)c4)c3)CCCC3CC(O)C4Cc5c(CO)cc(O)c(c5C(CC(C)C)C4)OCc4cc(C56c7c8cccc7CCC5C5(CCCCC5)OCC6CC8)cc5cn(cc45)C(=C2CO3)N1. The number of dihydropyridines is 1. The van der Waals surface area contributed by atoms with E-state index in [1.807, 2.05) is 18.2 Å². The van der Waals surface area contributed by atoms with Gasteiger partial charge in [0.05, 0.1) is 44.4 Å². The second-order valence-electron chi connectivity index (χ2n) is 27.8. The molecule has 462 valence electrons. The normalized spacial score (nSPS) is 27.2. The minimum absolute atomic E-state index is 0.0253. The van der Waals surface area contributed by atoms with E-state index in [4.69, 9.17) is 18.9 Å². The lowest BCUT2D eigenvalue weighted by atomic mass is 9.45. The summed E-state index contributed by atoms with van der Waals surface area (Å²) in [5.41, 5.74) is 13.7. The fourth-order valence-electron chi connectivity index (χ4n) is 18.0. The molecule has 6 heterocycles. The van der Waals surface area contributed by atoms with Crippen LogP contribution in [0.4, 0.5) is 0 Å². The second kappa shape index (κ2) is 24.7. The van der Waals surface area contributed by atoms with Gasteiger partial charge in [-0.1, -0.05) is 93.5 Å². The van der Waals surface area contributed by atoms with Gasteiger partial charge >= 0.3 is 0 Å². The van der Waals surface area contributed by atoms with Gasteiger partial charge < -0.3 is 54.4 Å². The van der Waals surface area contributed by atoms with Gasteiger partial charge in [0, 0.05) is 70.7 Å². The van der Waals surface area contributed by atoms with E-state index < -0.39 is 6.10 Å². The van der Waals surface area contributed by atoms with Crippen LogP contribution in [0.1, 0.15) is 171 Å². The number of rotatable bonds is 12. The Hall–Kier alpha value is -6.56. The fraction of sp³-hybridized carbons (Fsp3) is 0.500. The van der Waals surface area contributed by atoms with Gasteiger partial charge in [-0.3, -0.25) is 5.32 Å². The lowest BCUT2D eigenvalue weighted by molar-refractivity contribution is -0.193. The standard InChI is InChI=1S/C76H89N3O9/c1-46(2)28-55-32-54-35-63-57(41-80)36-68(84)73(71(55)63)87-42-58-34-60(76-59-23-21-50-12-9-13-51(72(50)76)22-25-69(76)75(88-43-59)26-5-4-6-27-75)33-56-39-79(40-64(56)58)74-65-44-86-62(38-67(54)83)15-8-10-47(18-20-52(65)37-70(78-74)77-45-85-3)16-17-48-19-24-66(82)53(29-48)30-49-11-7-14-61(81)31-49/h7,9,11-14,19,24,29,31,33-34,36-37,39-40,46-47,54-55,59,62,67,69-70,77-78,80-84H,4-6,8,10,15-17,21-23,25-28,30,32,35,38,41-45H2,1-3H3. The van der Waals surface area contributed by atoms with Gasteiger partial charge in [-0.25, -0.2) is 0 Å². The van der Waals surface area contributed by atoms with Gasteiger partial charge in [0.1, 0.15) is 30.1 Å². The maximum atomic E-state index is 12.8. The van der Waals surface area contributed by atoms with Gasteiger partial charge in [0.2, 0.25) is 0 Å². The van der Waals surface area contributed by atoms with Crippen LogP contribution in [0.2, 0.25) is 0 Å². The number of fused-ring (bicyclic) bond motifs is 4. The largest absolute Gasteiger partial charge is 0.508 e. The molecule has 12 nitrogen and oxygen atoms in total. The molecule has 8 bridgehead atoms. The Kier molecular flexibility index (Phi) is 16.6. The topological polar surface area (TPSA) is 167 Å². The van der Waals surface area contributed by atoms with E-state index in [9.17, 15) is 25.5 Å². The Labute approximate surface area is 519 Å². The Bertz CT molecular complexity index is 3710. The Morgan fingerprint density at radius 3 is 2.50 bits per heavy atom. The number of aromatic hydroxyl groups is 3. The summed E-state index contributed by atoms with van der Waals surface area (Å²) in [5.74, 6) is 10.3. The molecule has 12 heteroatoms. The molecule has 5 aromatic carbocycles. The van der Waals surface area contributed by atoms with Gasteiger partial charge in [-0.05, 0) is 212 Å². The first-order valence-corrected chi connectivity index (χ1v) is 33.2. The molecular formula is C76H89N3O9. The van der Waals surface area contributed by atoms with Crippen LogP contribution in [0.15, 0.2) is 108 Å². The first kappa shape index (κ1) is 59.1. The number of aromatic nitrogens is 1. The third-order valence-electron chi connectivity index (χ3n) is 22.0.